The van der Waals surface area contributed by atoms with Crippen molar-refractivity contribution in [3.63, 3.8) is 0 Å². The Labute approximate surface area is 167 Å². The smallest absolute Gasteiger partial charge is 0.303 e. The highest BCUT2D eigenvalue weighted by atomic mass is 16.4. The average Bonchev–Trinajstić information content (AvgIpc) is 2.65. The molecule has 0 aliphatic carbocycles. The largest absolute Gasteiger partial charge is 0.481 e. The van der Waals surface area contributed by atoms with Gasteiger partial charge in [0.05, 0.1) is 5.69 Å². The van der Waals surface area contributed by atoms with Crippen LogP contribution >= 0.6 is 0 Å². The molecule has 0 aromatic heterocycles. The van der Waals surface area contributed by atoms with Crippen LogP contribution in [0.15, 0.2) is 47.5 Å². The monoisotopic (exact) mass is 398 g/mol. The summed E-state index contributed by atoms with van der Waals surface area (Å²) < 4.78 is 0. The van der Waals surface area contributed by atoms with Crippen LogP contribution < -0.4 is 16.8 Å². The van der Waals surface area contributed by atoms with Crippen molar-refractivity contribution < 1.29 is 24.6 Å². The summed E-state index contributed by atoms with van der Waals surface area (Å²) in [5.41, 5.74) is 13.4. The second-order valence-corrected chi connectivity index (χ2v) is 6.31. The number of hydrogen-bond donors (Lipinski definition) is 5. The first-order valence-electron chi connectivity index (χ1n) is 8.81. The molecule has 0 radical (unpaired) electrons. The third-order valence-electron chi connectivity index (χ3n) is 4.05. The Morgan fingerprint density at radius 2 is 1.55 bits per heavy atom. The van der Waals surface area contributed by atoms with Gasteiger partial charge in [-0.25, -0.2) is 4.99 Å². The van der Waals surface area contributed by atoms with Gasteiger partial charge in [-0.05, 0) is 54.3 Å². The van der Waals surface area contributed by atoms with Gasteiger partial charge in [0.1, 0.15) is 0 Å². The third-order valence-corrected chi connectivity index (χ3v) is 4.05. The molecule has 1 amide bonds. The van der Waals surface area contributed by atoms with Crippen LogP contribution in [0, 0.1) is 0 Å². The molecule has 0 spiro atoms. The van der Waals surface area contributed by atoms with Crippen molar-refractivity contribution in [3.8, 4) is 0 Å². The van der Waals surface area contributed by atoms with E-state index in [1.165, 1.54) is 6.07 Å². The Balaban J connectivity index is 2.21. The van der Waals surface area contributed by atoms with Crippen LogP contribution in [-0.2, 0) is 22.4 Å². The highest BCUT2D eigenvalue weighted by molar-refractivity contribution is 6.04. The molecule has 29 heavy (non-hydrogen) atoms. The summed E-state index contributed by atoms with van der Waals surface area (Å²) in [5.74, 6) is -2.41. The molecule has 0 unspecified atom stereocenters. The molecule has 0 fully saturated rings. The van der Waals surface area contributed by atoms with Crippen LogP contribution in [0.1, 0.15) is 34.3 Å². The second-order valence-electron chi connectivity index (χ2n) is 6.31. The normalized spacial score (nSPS) is 10.2. The van der Waals surface area contributed by atoms with Crippen LogP contribution in [0.25, 0.3) is 0 Å². The van der Waals surface area contributed by atoms with Crippen molar-refractivity contribution in [1.29, 1.82) is 0 Å². The molecule has 2 aromatic rings. The predicted octanol–water partition coefficient (Wildman–Crippen LogP) is 1.88. The Morgan fingerprint density at radius 3 is 2.17 bits per heavy atom. The zero-order valence-corrected chi connectivity index (χ0v) is 15.6. The summed E-state index contributed by atoms with van der Waals surface area (Å²) in [6.45, 7) is 0. The zero-order chi connectivity index (χ0) is 21.4. The molecule has 0 saturated carbocycles. The molecule has 2 aromatic carbocycles. The van der Waals surface area contributed by atoms with E-state index in [0.29, 0.717) is 22.5 Å². The number of aryl methyl sites for hydroxylation is 2. The first-order valence-corrected chi connectivity index (χ1v) is 8.81. The lowest BCUT2D eigenvalue weighted by Crippen LogP contribution is -2.22. The number of benzene rings is 2. The molecule has 0 atom stereocenters. The third kappa shape index (κ3) is 6.98. The van der Waals surface area contributed by atoms with Crippen LogP contribution in [0.5, 0.6) is 0 Å². The number of aliphatic imine (C=N–C) groups is 1. The lowest BCUT2D eigenvalue weighted by Gasteiger charge is -2.12. The highest BCUT2D eigenvalue weighted by Gasteiger charge is 2.11. The SMILES string of the molecule is NC(N)=Nc1cccc(C(=O)Nc2ccc(CCC(=O)O)c(CCC(=O)O)c2)c1. The van der Waals surface area contributed by atoms with E-state index in [-0.39, 0.29) is 37.6 Å². The number of nitrogens with one attached hydrogen (secondary N) is 1. The average molecular weight is 398 g/mol. The van der Waals surface area contributed by atoms with Gasteiger partial charge >= 0.3 is 11.9 Å². The molecular formula is C20H22N4O5. The summed E-state index contributed by atoms with van der Waals surface area (Å²) in [4.78, 5) is 38.2. The maximum absolute atomic E-state index is 12.5. The van der Waals surface area contributed by atoms with Crippen molar-refractivity contribution >= 4 is 35.2 Å². The molecule has 2 rings (SSSR count). The van der Waals surface area contributed by atoms with E-state index in [2.05, 4.69) is 10.3 Å². The molecule has 0 heterocycles. The number of nitrogens with two attached hydrogens (primary N) is 2. The Hall–Kier alpha value is -3.88. The van der Waals surface area contributed by atoms with Crippen molar-refractivity contribution in [2.24, 2.45) is 16.5 Å². The molecule has 7 N–H and O–H groups in total. The number of aliphatic carboxylic acids is 2. The quantitative estimate of drug-likeness (QED) is 0.317. The number of amides is 1. The van der Waals surface area contributed by atoms with Crippen LogP contribution in [-0.4, -0.2) is 34.0 Å². The standard InChI is InChI=1S/C20H22N4O5/c21-20(22)24-15-3-1-2-14(11-15)19(29)23-16-7-4-12(5-8-17(25)26)13(10-16)6-9-18(27)28/h1-4,7,10-11H,5-6,8-9H2,(H,23,29)(H,25,26)(H,27,28)(H4,21,22,24). The first kappa shape index (κ1) is 21.4. The Kier molecular flexibility index (Phi) is 7.30. The van der Waals surface area contributed by atoms with Gasteiger partial charge in [0.15, 0.2) is 5.96 Å². The van der Waals surface area contributed by atoms with E-state index in [9.17, 15) is 14.4 Å². The summed E-state index contributed by atoms with van der Waals surface area (Å²) >= 11 is 0. The molecular weight excluding hydrogens is 376 g/mol. The fraction of sp³-hybridized carbons (Fsp3) is 0.200. The number of carbonyl (C=O) groups is 3. The minimum absolute atomic E-state index is 0.0661. The van der Waals surface area contributed by atoms with E-state index in [0.717, 1.165) is 5.56 Å². The highest BCUT2D eigenvalue weighted by Crippen LogP contribution is 2.21. The molecule has 0 saturated heterocycles. The number of carboxylic acids is 2. The minimum Gasteiger partial charge on any atom is -0.481 e. The summed E-state index contributed by atoms with van der Waals surface area (Å²) in [6.07, 6.45) is 0.342. The van der Waals surface area contributed by atoms with Gasteiger partial charge in [-0.3, -0.25) is 14.4 Å². The minimum atomic E-state index is -0.958. The summed E-state index contributed by atoms with van der Waals surface area (Å²) in [5, 5.41) is 20.6. The maximum atomic E-state index is 12.5. The van der Waals surface area contributed by atoms with Gasteiger partial charge in [-0.2, -0.15) is 0 Å². The topological polar surface area (TPSA) is 168 Å². The zero-order valence-electron chi connectivity index (χ0n) is 15.6. The van der Waals surface area contributed by atoms with Crippen LogP contribution in [0.3, 0.4) is 0 Å². The van der Waals surface area contributed by atoms with Gasteiger partial charge in [0.25, 0.3) is 5.91 Å². The molecule has 152 valence electrons. The molecule has 0 aliphatic heterocycles. The lowest BCUT2D eigenvalue weighted by atomic mass is 9.98. The Bertz CT molecular complexity index is 952. The Morgan fingerprint density at radius 1 is 0.897 bits per heavy atom. The summed E-state index contributed by atoms with van der Waals surface area (Å²) in [7, 11) is 0. The van der Waals surface area contributed by atoms with Gasteiger partial charge < -0.3 is 27.0 Å². The number of rotatable bonds is 9. The number of guanidine groups is 1. The number of carbonyl (C=O) groups excluding carboxylic acids is 1. The van der Waals surface area contributed by atoms with E-state index >= 15 is 0 Å². The van der Waals surface area contributed by atoms with Gasteiger partial charge in [0.2, 0.25) is 0 Å². The van der Waals surface area contributed by atoms with Crippen molar-refractivity contribution in [1.82, 2.24) is 0 Å². The van der Waals surface area contributed by atoms with Crippen molar-refractivity contribution in [2.75, 3.05) is 5.32 Å². The van der Waals surface area contributed by atoms with E-state index < -0.39 is 11.9 Å². The van der Waals surface area contributed by atoms with E-state index in [1.54, 1.807) is 36.4 Å². The first-order chi connectivity index (χ1) is 13.7. The number of anilines is 1. The number of nitrogens with zero attached hydrogens (tertiary/aromatic N) is 1. The van der Waals surface area contributed by atoms with E-state index in [1.807, 2.05) is 0 Å². The van der Waals surface area contributed by atoms with Crippen LogP contribution in [0.2, 0.25) is 0 Å². The molecule has 0 bridgehead atoms. The van der Waals surface area contributed by atoms with Gasteiger partial charge in [-0.15, -0.1) is 0 Å². The molecule has 0 aliphatic rings. The van der Waals surface area contributed by atoms with Gasteiger partial charge in [-0.1, -0.05) is 12.1 Å². The fourth-order valence-corrected chi connectivity index (χ4v) is 2.73. The van der Waals surface area contributed by atoms with Gasteiger partial charge in [0, 0.05) is 24.1 Å². The number of carboxylic acid groups (broad SMARTS) is 2. The lowest BCUT2D eigenvalue weighted by molar-refractivity contribution is -0.138. The predicted molar refractivity (Wildman–Crippen MR) is 108 cm³/mol. The molecule has 9 nitrogen and oxygen atoms in total. The second kappa shape index (κ2) is 9.88. The maximum Gasteiger partial charge on any atom is 0.303 e. The van der Waals surface area contributed by atoms with Crippen LogP contribution in [0.4, 0.5) is 11.4 Å². The number of hydrogen-bond acceptors (Lipinski definition) is 4. The molecule has 9 heteroatoms. The van der Waals surface area contributed by atoms with Crippen molar-refractivity contribution in [3.05, 3.63) is 59.2 Å². The summed E-state index contributed by atoms with van der Waals surface area (Å²) in [6, 6.07) is 11.4. The van der Waals surface area contributed by atoms with Crippen molar-refractivity contribution in [2.45, 2.75) is 25.7 Å². The fourth-order valence-electron chi connectivity index (χ4n) is 2.73. The van der Waals surface area contributed by atoms with E-state index in [4.69, 9.17) is 21.7 Å².